The number of carbonyl (C=O) groups is 1. The number of methoxy groups -OCH3 is 1. The van der Waals surface area contributed by atoms with Crippen LogP contribution in [0.15, 0.2) is 18.2 Å². The van der Waals surface area contributed by atoms with Crippen LogP contribution in [0.25, 0.3) is 0 Å². The average molecular weight is 435 g/mol. The molecule has 164 valence electrons. The number of ether oxygens (including phenoxy) is 2. The van der Waals surface area contributed by atoms with E-state index in [-0.39, 0.29) is 23.6 Å². The number of hydrogen-bond donors (Lipinski definition) is 2. The molecule has 1 aromatic carbocycles. The molecule has 0 saturated carbocycles. The summed E-state index contributed by atoms with van der Waals surface area (Å²) in [6.45, 7) is 7.79. The number of nitrogens with two attached hydrogens (primary N) is 1. The van der Waals surface area contributed by atoms with E-state index < -0.39 is 5.91 Å². The van der Waals surface area contributed by atoms with E-state index in [1.165, 1.54) is 0 Å². The molecular weight excluding hydrogens is 404 g/mol. The highest BCUT2D eigenvalue weighted by atomic mass is 35.5. The normalized spacial score (nSPS) is 12.9. The molecule has 0 unspecified atom stereocenters. The quantitative estimate of drug-likeness (QED) is 0.602. The lowest BCUT2D eigenvalue weighted by molar-refractivity contribution is 0.0984. The Labute approximate surface area is 183 Å². The van der Waals surface area contributed by atoms with E-state index in [0.717, 1.165) is 17.5 Å². The monoisotopic (exact) mass is 434 g/mol. The summed E-state index contributed by atoms with van der Waals surface area (Å²) in [5.74, 6) is 0.731. The van der Waals surface area contributed by atoms with E-state index in [1.54, 1.807) is 25.3 Å². The zero-order chi connectivity index (χ0) is 22.6. The van der Waals surface area contributed by atoms with Gasteiger partial charge in [0.25, 0.3) is 5.91 Å². The minimum Gasteiger partial charge on any atom is -0.437 e. The Bertz CT molecular complexity index is 894. The number of anilines is 2. The number of nitrogens with one attached hydrogen (secondary N) is 1. The lowest BCUT2D eigenvalue weighted by atomic mass is 10.1. The first kappa shape index (κ1) is 23.8. The Morgan fingerprint density at radius 2 is 1.87 bits per heavy atom. The summed E-state index contributed by atoms with van der Waals surface area (Å²) in [6.07, 6.45) is 0.718. The van der Waals surface area contributed by atoms with E-state index in [9.17, 15) is 4.79 Å². The van der Waals surface area contributed by atoms with Gasteiger partial charge in [-0.25, -0.2) is 0 Å². The first-order valence-electron chi connectivity index (χ1n) is 9.85. The lowest BCUT2D eigenvalue weighted by Gasteiger charge is -2.26. The number of aromatic nitrogens is 1. The molecule has 30 heavy (non-hydrogen) atoms. The molecule has 0 aliphatic rings. The van der Waals surface area contributed by atoms with E-state index in [0.29, 0.717) is 22.3 Å². The molecule has 2 aromatic rings. The van der Waals surface area contributed by atoms with Crippen molar-refractivity contribution in [1.29, 1.82) is 0 Å². The number of benzene rings is 1. The number of nitrogens with zero attached hydrogens (tertiary/aromatic N) is 2. The van der Waals surface area contributed by atoms with Crippen LogP contribution in [0.2, 0.25) is 5.02 Å². The number of primary amides is 1. The van der Waals surface area contributed by atoms with Gasteiger partial charge in [-0.15, -0.1) is 0 Å². The zero-order valence-electron chi connectivity index (χ0n) is 18.7. The largest absolute Gasteiger partial charge is 0.437 e. The molecule has 2 rings (SSSR count). The predicted molar refractivity (Wildman–Crippen MR) is 122 cm³/mol. The fourth-order valence-corrected chi connectivity index (χ4v) is 3.56. The topological polar surface area (TPSA) is 89.7 Å². The van der Waals surface area contributed by atoms with Crippen molar-refractivity contribution < 1.29 is 14.3 Å². The summed E-state index contributed by atoms with van der Waals surface area (Å²) in [5.41, 5.74) is 8.17. The highest BCUT2D eigenvalue weighted by Gasteiger charge is 2.24. The Morgan fingerprint density at radius 3 is 2.33 bits per heavy atom. The number of hydrogen-bond acceptors (Lipinski definition) is 6. The third kappa shape index (κ3) is 5.34. The third-order valence-corrected chi connectivity index (χ3v) is 5.24. The standard InChI is InChI=1S/C22H31ClN4O3/c1-8-16(14(4)29-7)25-17-11-18(27(5)6)26-22(19(17)21(24)28)30-20-12(2)9-15(23)10-13(20)3/h9-11,14,16H,8H2,1-7H3,(H2,24,28)(H,25,26)/t14-,16+/m1/s1. The lowest BCUT2D eigenvalue weighted by Crippen LogP contribution is -2.33. The van der Waals surface area contributed by atoms with E-state index in [2.05, 4.69) is 10.3 Å². The van der Waals surface area contributed by atoms with E-state index >= 15 is 0 Å². The molecule has 0 aliphatic carbocycles. The van der Waals surface area contributed by atoms with Gasteiger partial charge in [0.2, 0.25) is 5.88 Å². The van der Waals surface area contributed by atoms with Crippen molar-refractivity contribution in [2.45, 2.75) is 46.3 Å². The van der Waals surface area contributed by atoms with Gasteiger partial charge in [0.15, 0.2) is 0 Å². The Hall–Kier alpha value is -2.51. The number of halogens is 1. The van der Waals surface area contributed by atoms with Crippen LogP contribution in [-0.4, -0.2) is 44.2 Å². The van der Waals surface area contributed by atoms with Crippen LogP contribution in [0, 0.1) is 13.8 Å². The molecule has 0 bridgehead atoms. The number of rotatable bonds is 9. The summed E-state index contributed by atoms with van der Waals surface area (Å²) in [7, 11) is 5.39. The smallest absolute Gasteiger partial charge is 0.256 e. The second-order valence-corrected chi connectivity index (χ2v) is 7.97. The number of pyridine rings is 1. The molecule has 0 radical (unpaired) electrons. The molecule has 1 aromatic heterocycles. The van der Waals surface area contributed by atoms with E-state index in [1.807, 2.05) is 46.7 Å². The Balaban J connectivity index is 2.64. The van der Waals surface area contributed by atoms with Crippen LogP contribution in [0.4, 0.5) is 11.5 Å². The second kappa shape index (κ2) is 10.00. The number of carbonyl (C=O) groups excluding carboxylic acids is 1. The van der Waals surface area contributed by atoms with E-state index in [4.69, 9.17) is 26.8 Å². The van der Waals surface area contributed by atoms with Crippen molar-refractivity contribution in [3.05, 3.63) is 39.9 Å². The van der Waals surface area contributed by atoms with Gasteiger partial charge in [-0.05, 0) is 50.5 Å². The summed E-state index contributed by atoms with van der Waals surface area (Å²) in [6, 6.07) is 5.36. The van der Waals surface area contributed by atoms with Crippen molar-refractivity contribution in [2.75, 3.05) is 31.4 Å². The fourth-order valence-electron chi connectivity index (χ4n) is 3.23. The summed E-state index contributed by atoms with van der Waals surface area (Å²) >= 11 is 6.14. The SMILES string of the molecule is CC[C@H](Nc1cc(N(C)C)nc(Oc2c(C)cc(Cl)cc2C)c1C(N)=O)[C@@H](C)OC. The first-order valence-corrected chi connectivity index (χ1v) is 10.2. The minimum atomic E-state index is -0.630. The minimum absolute atomic E-state index is 0.0302. The molecule has 7 nitrogen and oxygen atoms in total. The fraction of sp³-hybridized carbons (Fsp3) is 0.455. The zero-order valence-corrected chi connectivity index (χ0v) is 19.4. The maximum Gasteiger partial charge on any atom is 0.256 e. The van der Waals surface area contributed by atoms with Gasteiger partial charge in [0, 0.05) is 32.3 Å². The van der Waals surface area contributed by atoms with Crippen LogP contribution in [-0.2, 0) is 4.74 Å². The van der Waals surface area contributed by atoms with Gasteiger partial charge in [-0.3, -0.25) is 4.79 Å². The Morgan fingerprint density at radius 1 is 1.27 bits per heavy atom. The van der Waals surface area contributed by atoms with Crippen LogP contribution in [0.1, 0.15) is 41.8 Å². The Kier molecular flexibility index (Phi) is 7.92. The van der Waals surface area contributed by atoms with Gasteiger partial charge in [-0.1, -0.05) is 18.5 Å². The van der Waals surface area contributed by atoms with Crippen LogP contribution in [0.3, 0.4) is 0 Å². The maximum absolute atomic E-state index is 12.4. The molecule has 2 atom stereocenters. The van der Waals surface area contributed by atoms with Crippen molar-refractivity contribution in [3.8, 4) is 11.6 Å². The van der Waals surface area contributed by atoms with Crippen LogP contribution in [0.5, 0.6) is 11.6 Å². The van der Waals surface area contributed by atoms with Crippen LogP contribution < -0.4 is 20.7 Å². The highest BCUT2D eigenvalue weighted by Crippen LogP contribution is 2.36. The molecular formula is C22H31ClN4O3. The number of amides is 1. The summed E-state index contributed by atoms with van der Waals surface area (Å²) in [5, 5.41) is 4.01. The average Bonchev–Trinajstić information content (AvgIpc) is 2.67. The van der Waals surface area contributed by atoms with Crippen molar-refractivity contribution in [3.63, 3.8) is 0 Å². The summed E-state index contributed by atoms with van der Waals surface area (Å²) in [4.78, 5) is 18.8. The molecule has 0 saturated heterocycles. The maximum atomic E-state index is 12.4. The highest BCUT2D eigenvalue weighted by molar-refractivity contribution is 6.30. The third-order valence-electron chi connectivity index (χ3n) is 5.02. The molecule has 0 fully saturated rings. The van der Waals surface area contributed by atoms with Gasteiger partial charge >= 0.3 is 0 Å². The number of aryl methyl sites for hydroxylation is 2. The van der Waals surface area contributed by atoms with Crippen molar-refractivity contribution in [2.24, 2.45) is 5.73 Å². The van der Waals surface area contributed by atoms with Crippen molar-refractivity contribution in [1.82, 2.24) is 4.98 Å². The van der Waals surface area contributed by atoms with Gasteiger partial charge in [-0.2, -0.15) is 4.98 Å². The predicted octanol–water partition coefficient (Wildman–Crippen LogP) is 4.53. The molecule has 1 amide bonds. The summed E-state index contributed by atoms with van der Waals surface area (Å²) < 4.78 is 11.6. The van der Waals surface area contributed by atoms with Crippen LogP contribution >= 0.6 is 11.6 Å². The van der Waals surface area contributed by atoms with Gasteiger partial charge in [0.05, 0.1) is 17.8 Å². The van der Waals surface area contributed by atoms with Gasteiger partial charge in [0.1, 0.15) is 17.1 Å². The molecule has 0 spiro atoms. The molecule has 3 N–H and O–H groups in total. The molecule has 0 aliphatic heterocycles. The molecule has 1 heterocycles. The molecule has 8 heteroatoms. The second-order valence-electron chi connectivity index (χ2n) is 7.54. The van der Waals surface area contributed by atoms with Gasteiger partial charge < -0.3 is 25.4 Å². The van der Waals surface area contributed by atoms with Crippen molar-refractivity contribution >= 4 is 29.0 Å². The first-order chi connectivity index (χ1) is 14.1.